The normalized spacial score (nSPS) is 11.1. The second-order valence-electron chi connectivity index (χ2n) is 9.05. The van der Waals surface area contributed by atoms with Crippen molar-refractivity contribution in [3.05, 3.63) is 117 Å². The molecule has 0 aliphatic rings. The number of methoxy groups -OCH3 is 1. The van der Waals surface area contributed by atoms with Crippen LogP contribution in [0.15, 0.2) is 90.0 Å². The monoisotopic (exact) mass is 585 g/mol. The number of hydrogen-bond donors (Lipinski definition) is 2. The molecule has 1 amide bonds. The first-order valence-corrected chi connectivity index (χ1v) is 13.5. The Hall–Kier alpha value is -4.59. The number of H-pyrrole nitrogens is 1. The molecule has 206 valence electrons. The molecule has 4 aromatic carbocycles. The van der Waals surface area contributed by atoms with Gasteiger partial charge in [-0.05, 0) is 66.1 Å². The molecule has 7 nitrogen and oxygen atoms in total. The van der Waals surface area contributed by atoms with Crippen molar-refractivity contribution in [2.24, 2.45) is 5.10 Å². The lowest BCUT2D eigenvalue weighted by Crippen LogP contribution is -2.19. The number of aromatic amines is 1. The summed E-state index contributed by atoms with van der Waals surface area (Å²) in [5.41, 5.74) is 7.35. The van der Waals surface area contributed by atoms with Crippen LogP contribution in [0.1, 0.15) is 38.9 Å². The molecule has 9 heteroatoms. The Bertz CT molecular complexity index is 1780. The van der Waals surface area contributed by atoms with E-state index in [2.05, 4.69) is 22.4 Å². The second kappa shape index (κ2) is 12.3. The number of nitrogens with one attached hydrogen (secondary N) is 2. The fourth-order valence-electron chi connectivity index (χ4n) is 4.50. The number of esters is 1. The summed E-state index contributed by atoms with van der Waals surface area (Å²) >= 11 is 12.4. The second-order valence-corrected chi connectivity index (χ2v) is 9.90. The largest absolute Gasteiger partial charge is 0.493 e. The minimum absolute atomic E-state index is 0.239. The molecule has 0 radical (unpaired) electrons. The van der Waals surface area contributed by atoms with Crippen molar-refractivity contribution >= 4 is 52.2 Å². The van der Waals surface area contributed by atoms with E-state index in [0.717, 1.165) is 28.5 Å². The van der Waals surface area contributed by atoms with E-state index in [1.807, 2.05) is 36.4 Å². The zero-order valence-corrected chi connectivity index (χ0v) is 23.7. The quantitative estimate of drug-likeness (QED) is 0.0844. The number of rotatable bonds is 8. The lowest BCUT2D eigenvalue weighted by atomic mass is 9.99. The van der Waals surface area contributed by atoms with Gasteiger partial charge in [-0.2, -0.15) is 5.10 Å². The van der Waals surface area contributed by atoms with Crippen molar-refractivity contribution in [3.8, 4) is 22.6 Å². The first-order chi connectivity index (χ1) is 19.9. The maximum atomic E-state index is 13.4. The van der Waals surface area contributed by atoms with Gasteiger partial charge in [-0.25, -0.2) is 10.2 Å². The summed E-state index contributed by atoms with van der Waals surface area (Å²) < 4.78 is 10.9. The van der Waals surface area contributed by atoms with Gasteiger partial charge in [0.1, 0.15) is 5.69 Å². The average molecular weight is 586 g/mol. The number of hydrazone groups is 1. The molecule has 1 heterocycles. The summed E-state index contributed by atoms with van der Waals surface area (Å²) in [5.74, 6) is -0.406. The van der Waals surface area contributed by atoms with E-state index in [-0.39, 0.29) is 5.75 Å². The van der Waals surface area contributed by atoms with Crippen LogP contribution in [-0.4, -0.2) is 30.2 Å². The van der Waals surface area contributed by atoms with Crippen molar-refractivity contribution in [1.29, 1.82) is 0 Å². The summed E-state index contributed by atoms with van der Waals surface area (Å²) in [6.45, 7) is 2.06. The molecule has 5 rings (SSSR count). The van der Waals surface area contributed by atoms with Gasteiger partial charge < -0.3 is 14.5 Å². The van der Waals surface area contributed by atoms with Crippen LogP contribution in [0.4, 0.5) is 0 Å². The number of carbonyl (C=O) groups is 2. The van der Waals surface area contributed by atoms with Gasteiger partial charge in [0.15, 0.2) is 11.5 Å². The average Bonchev–Trinajstić information content (AvgIpc) is 3.38. The molecule has 0 spiro atoms. The first-order valence-electron chi connectivity index (χ1n) is 12.8. The molecule has 41 heavy (non-hydrogen) atoms. The summed E-state index contributed by atoms with van der Waals surface area (Å²) in [6, 6.07) is 24.7. The Labute approximate surface area is 246 Å². The van der Waals surface area contributed by atoms with Crippen LogP contribution in [0, 0.1) is 0 Å². The summed E-state index contributed by atoms with van der Waals surface area (Å²) in [4.78, 5) is 29.2. The van der Waals surface area contributed by atoms with Gasteiger partial charge in [0.2, 0.25) is 0 Å². The zero-order valence-electron chi connectivity index (χ0n) is 22.2. The number of halogens is 2. The fourth-order valence-corrected chi connectivity index (χ4v) is 4.86. The fraction of sp³-hybridized carbons (Fsp3) is 0.0938. The van der Waals surface area contributed by atoms with Crippen LogP contribution in [0.2, 0.25) is 10.0 Å². The van der Waals surface area contributed by atoms with Crippen LogP contribution in [0.25, 0.3) is 22.0 Å². The molecular formula is C32H25Cl2N3O4. The highest BCUT2D eigenvalue weighted by atomic mass is 35.5. The van der Waals surface area contributed by atoms with E-state index in [0.29, 0.717) is 38.2 Å². The van der Waals surface area contributed by atoms with E-state index in [9.17, 15) is 9.59 Å². The summed E-state index contributed by atoms with van der Waals surface area (Å²) in [6.07, 6.45) is 2.27. The van der Waals surface area contributed by atoms with Crippen LogP contribution >= 0.6 is 23.2 Å². The number of ether oxygens (including phenoxy) is 2. The molecule has 0 unspecified atom stereocenters. The third-order valence-corrected chi connectivity index (χ3v) is 7.10. The van der Waals surface area contributed by atoms with E-state index in [1.54, 1.807) is 48.5 Å². The highest BCUT2D eigenvalue weighted by Gasteiger charge is 2.22. The topological polar surface area (TPSA) is 92.8 Å². The Morgan fingerprint density at radius 3 is 2.46 bits per heavy atom. The molecule has 0 fully saturated rings. The number of carbonyl (C=O) groups excluding carboxylic acids is 2. The Kier molecular flexibility index (Phi) is 8.38. The van der Waals surface area contributed by atoms with Crippen molar-refractivity contribution in [2.45, 2.75) is 13.3 Å². The van der Waals surface area contributed by atoms with Gasteiger partial charge >= 0.3 is 5.97 Å². The third kappa shape index (κ3) is 5.96. The van der Waals surface area contributed by atoms with Crippen LogP contribution < -0.4 is 14.9 Å². The molecule has 1 aromatic heterocycles. The number of fused-ring (bicyclic) bond motifs is 1. The molecule has 0 aliphatic heterocycles. The number of nitrogens with zero attached hydrogens (tertiary/aromatic N) is 1. The van der Waals surface area contributed by atoms with Gasteiger partial charge in [0, 0.05) is 32.1 Å². The predicted molar refractivity (Wildman–Crippen MR) is 163 cm³/mol. The standard InChI is InChI=1S/C32H25Cl2N3O4/c1-3-20-7-6-9-24-28(23-8-4-5-10-25(23)34)30(36-29(20)24)31(38)37-35-18-19-11-16-26(27(17-19)40-2)41-32(39)21-12-14-22(33)15-13-21/h4-18,36H,3H2,1-2H3,(H,37,38). The van der Waals surface area contributed by atoms with Gasteiger partial charge in [-0.3, -0.25) is 4.79 Å². The molecule has 0 bridgehead atoms. The minimum Gasteiger partial charge on any atom is -0.493 e. The van der Waals surface area contributed by atoms with Gasteiger partial charge in [-0.15, -0.1) is 0 Å². The Morgan fingerprint density at radius 1 is 0.951 bits per heavy atom. The van der Waals surface area contributed by atoms with E-state index in [1.165, 1.54) is 13.3 Å². The Morgan fingerprint density at radius 2 is 1.73 bits per heavy atom. The predicted octanol–water partition coefficient (Wildman–Crippen LogP) is 7.70. The molecule has 0 atom stereocenters. The number of para-hydroxylation sites is 1. The van der Waals surface area contributed by atoms with E-state index in [4.69, 9.17) is 32.7 Å². The molecule has 0 saturated carbocycles. The van der Waals surface area contributed by atoms with Gasteiger partial charge in [-0.1, -0.05) is 66.5 Å². The minimum atomic E-state index is -0.549. The SMILES string of the molecule is CCc1cccc2c(-c3ccccc3Cl)c(C(=O)NN=Cc3ccc(OC(=O)c4ccc(Cl)cc4)c(OC)c3)[nH]c12. The number of aryl methyl sites for hydroxylation is 1. The molecular weight excluding hydrogens is 561 g/mol. The van der Waals surface area contributed by atoms with E-state index < -0.39 is 11.9 Å². The van der Waals surface area contributed by atoms with Crippen molar-refractivity contribution < 1.29 is 19.1 Å². The molecule has 0 aliphatic carbocycles. The highest BCUT2D eigenvalue weighted by molar-refractivity contribution is 6.34. The van der Waals surface area contributed by atoms with Crippen molar-refractivity contribution in [1.82, 2.24) is 10.4 Å². The zero-order chi connectivity index (χ0) is 28.9. The van der Waals surface area contributed by atoms with Crippen LogP contribution in [0.3, 0.4) is 0 Å². The van der Waals surface area contributed by atoms with Crippen LogP contribution in [0.5, 0.6) is 11.5 Å². The smallest absolute Gasteiger partial charge is 0.343 e. The molecule has 0 saturated heterocycles. The van der Waals surface area contributed by atoms with Crippen LogP contribution in [-0.2, 0) is 6.42 Å². The summed E-state index contributed by atoms with van der Waals surface area (Å²) in [7, 11) is 1.47. The molecule has 5 aromatic rings. The first kappa shape index (κ1) is 28.0. The number of aromatic nitrogens is 1. The highest BCUT2D eigenvalue weighted by Crippen LogP contribution is 2.37. The lowest BCUT2D eigenvalue weighted by molar-refractivity contribution is 0.0729. The third-order valence-electron chi connectivity index (χ3n) is 6.52. The maximum absolute atomic E-state index is 13.4. The maximum Gasteiger partial charge on any atom is 0.343 e. The van der Waals surface area contributed by atoms with Crippen molar-refractivity contribution in [3.63, 3.8) is 0 Å². The molecule has 2 N–H and O–H groups in total. The van der Waals surface area contributed by atoms with Crippen molar-refractivity contribution in [2.75, 3.05) is 7.11 Å². The van der Waals surface area contributed by atoms with Gasteiger partial charge in [0.05, 0.1) is 18.9 Å². The number of benzene rings is 4. The number of amides is 1. The lowest BCUT2D eigenvalue weighted by Gasteiger charge is -2.10. The Balaban J connectivity index is 1.38. The summed E-state index contributed by atoms with van der Waals surface area (Å²) in [5, 5.41) is 6.12. The number of hydrogen-bond acceptors (Lipinski definition) is 5. The van der Waals surface area contributed by atoms with Gasteiger partial charge in [0.25, 0.3) is 5.91 Å². The van der Waals surface area contributed by atoms with E-state index >= 15 is 0 Å².